The smallest absolute Gasteiger partial charge is 0.248 e. The zero-order chi connectivity index (χ0) is 14.1. The maximum Gasteiger partial charge on any atom is 0.248 e. The predicted molar refractivity (Wildman–Crippen MR) is 79.9 cm³/mol. The second-order valence-electron chi connectivity index (χ2n) is 5.59. The van der Waals surface area contributed by atoms with Crippen LogP contribution in [-0.4, -0.2) is 22.7 Å². The van der Waals surface area contributed by atoms with Crippen molar-refractivity contribution in [2.24, 2.45) is 0 Å². The van der Waals surface area contributed by atoms with Crippen LogP contribution < -0.4 is 10.9 Å². The van der Waals surface area contributed by atoms with Gasteiger partial charge in [0.05, 0.1) is 11.6 Å². The number of aromatic nitrogens is 1. The number of fused-ring (bicyclic) bond motifs is 1. The van der Waals surface area contributed by atoms with Crippen LogP contribution in [0, 0.1) is 6.92 Å². The van der Waals surface area contributed by atoms with Gasteiger partial charge in [0.25, 0.3) is 0 Å². The van der Waals surface area contributed by atoms with E-state index in [-0.39, 0.29) is 11.6 Å². The number of nitrogens with one attached hydrogen (secondary N) is 2. The Morgan fingerprint density at radius 2 is 2.20 bits per heavy atom. The number of para-hydroxylation sites is 1. The Labute approximate surface area is 117 Å². The summed E-state index contributed by atoms with van der Waals surface area (Å²) in [6.07, 6.45) is 2.58. The highest BCUT2D eigenvalue weighted by Gasteiger charge is 2.24. The summed E-state index contributed by atoms with van der Waals surface area (Å²) in [4.78, 5) is 14.7. The number of benzene rings is 1. The summed E-state index contributed by atoms with van der Waals surface area (Å²) in [5.41, 5.74) is 2.42. The number of aromatic amines is 1. The third kappa shape index (κ3) is 2.37. The molecule has 0 spiro atoms. The average Bonchev–Trinajstić information content (AvgIpc) is 2.48. The fraction of sp³-hybridized carbons (Fsp3) is 0.438. The molecule has 1 aromatic heterocycles. The molecule has 0 aliphatic carbocycles. The number of aliphatic hydroxyl groups is 1. The monoisotopic (exact) mass is 272 g/mol. The number of H-pyrrole nitrogens is 1. The van der Waals surface area contributed by atoms with Crippen LogP contribution in [0.15, 0.2) is 29.1 Å². The van der Waals surface area contributed by atoms with Crippen molar-refractivity contribution in [3.63, 3.8) is 0 Å². The number of hydrogen-bond acceptors (Lipinski definition) is 3. The highest BCUT2D eigenvalue weighted by Crippen LogP contribution is 2.28. The van der Waals surface area contributed by atoms with Crippen molar-refractivity contribution in [3.8, 4) is 0 Å². The number of pyridine rings is 1. The Kier molecular flexibility index (Phi) is 3.59. The van der Waals surface area contributed by atoms with Crippen LogP contribution >= 0.6 is 0 Å². The van der Waals surface area contributed by atoms with Crippen molar-refractivity contribution >= 4 is 10.9 Å². The van der Waals surface area contributed by atoms with E-state index in [9.17, 15) is 9.90 Å². The summed E-state index contributed by atoms with van der Waals surface area (Å²) in [5.74, 6) is 0. The van der Waals surface area contributed by atoms with E-state index in [2.05, 4.69) is 10.3 Å². The van der Waals surface area contributed by atoms with E-state index in [1.165, 1.54) is 6.07 Å². The van der Waals surface area contributed by atoms with E-state index >= 15 is 0 Å². The van der Waals surface area contributed by atoms with Crippen LogP contribution in [0.25, 0.3) is 10.9 Å². The highest BCUT2D eigenvalue weighted by atomic mass is 16.3. The SMILES string of the molecule is Cc1cccc2c(C(O)C3CCCCN3)cc(=O)[nH]c12. The van der Waals surface area contributed by atoms with Gasteiger partial charge in [0.15, 0.2) is 0 Å². The molecule has 0 bridgehead atoms. The zero-order valence-electron chi connectivity index (χ0n) is 11.6. The molecule has 106 valence electrons. The molecule has 20 heavy (non-hydrogen) atoms. The van der Waals surface area contributed by atoms with Gasteiger partial charge in [0.1, 0.15) is 0 Å². The van der Waals surface area contributed by atoms with Crippen molar-refractivity contribution in [2.75, 3.05) is 6.54 Å². The van der Waals surface area contributed by atoms with E-state index in [1.807, 2.05) is 25.1 Å². The summed E-state index contributed by atoms with van der Waals surface area (Å²) in [7, 11) is 0. The van der Waals surface area contributed by atoms with Crippen LogP contribution in [-0.2, 0) is 0 Å². The summed E-state index contributed by atoms with van der Waals surface area (Å²) in [6, 6.07) is 7.45. The summed E-state index contributed by atoms with van der Waals surface area (Å²) < 4.78 is 0. The van der Waals surface area contributed by atoms with Gasteiger partial charge in [-0.05, 0) is 37.4 Å². The third-order valence-corrected chi connectivity index (χ3v) is 4.17. The van der Waals surface area contributed by atoms with Gasteiger partial charge < -0.3 is 15.4 Å². The van der Waals surface area contributed by atoms with Gasteiger partial charge in [-0.15, -0.1) is 0 Å². The highest BCUT2D eigenvalue weighted by molar-refractivity contribution is 5.85. The minimum atomic E-state index is -0.637. The van der Waals surface area contributed by atoms with E-state index in [0.717, 1.165) is 47.8 Å². The lowest BCUT2D eigenvalue weighted by molar-refractivity contribution is 0.115. The topological polar surface area (TPSA) is 65.1 Å². The molecule has 1 aromatic carbocycles. The van der Waals surface area contributed by atoms with E-state index in [4.69, 9.17) is 0 Å². The molecular formula is C16H20N2O2. The van der Waals surface area contributed by atoms with Gasteiger partial charge in [0, 0.05) is 17.5 Å². The standard InChI is InChI=1S/C16H20N2O2/c1-10-5-4-6-11-12(9-14(19)18-15(10)11)16(20)13-7-2-3-8-17-13/h4-6,9,13,16-17,20H,2-3,7-8H2,1H3,(H,18,19). The molecule has 4 heteroatoms. The molecule has 2 unspecified atom stereocenters. The number of rotatable bonds is 2. The zero-order valence-corrected chi connectivity index (χ0v) is 11.6. The van der Waals surface area contributed by atoms with E-state index < -0.39 is 6.10 Å². The normalized spacial score (nSPS) is 21.0. The molecule has 4 nitrogen and oxygen atoms in total. The van der Waals surface area contributed by atoms with Gasteiger partial charge in [0.2, 0.25) is 5.56 Å². The molecule has 1 fully saturated rings. The van der Waals surface area contributed by atoms with Gasteiger partial charge in [-0.3, -0.25) is 4.79 Å². The number of aliphatic hydroxyl groups excluding tert-OH is 1. The van der Waals surface area contributed by atoms with Gasteiger partial charge in [-0.2, -0.15) is 0 Å². The minimum absolute atomic E-state index is 0.0364. The first kappa shape index (κ1) is 13.3. The number of piperidine rings is 1. The van der Waals surface area contributed by atoms with Crippen LogP contribution in [0.5, 0.6) is 0 Å². The molecule has 2 heterocycles. The van der Waals surface area contributed by atoms with Crippen LogP contribution in [0.4, 0.5) is 0 Å². The van der Waals surface area contributed by atoms with Crippen molar-refractivity contribution in [1.29, 1.82) is 0 Å². The van der Waals surface area contributed by atoms with Crippen LogP contribution in [0.2, 0.25) is 0 Å². The van der Waals surface area contributed by atoms with Crippen LogP contribution in [0.1, 0.15) is 36.5 Å². The first-order valence-electron chi connectivity index (χ1n) is 7.21. The van der Waals surface area contributed by atoms with Crippen molar-refractivity contribution < 1.29 is 5.11 Å². The maximum absolute atomic E-state index is 11.9. The second kappa shape index (κ2) is 5.38. The summed E-state index contributed by atoms with van der Waals surface area (Å²) in [5, 5.41) is 14.9. The number of aryl methyl sites for hydroxylation is 1. The fourth-order valence-electron chi connectivity index (χ4n) is 3.06. The molecule has 3 rings (SSSR count). The second-order valence-corrected chi connectivity index (χ2v) is 5.59. The first-order valence-corrected chi connectivity index (χ1v) is 7.21. The summed E-state index contributed by atoms with van der Waals surface area (Å²) in [6.45, 7) is 2.90. The molecular weight excluding hydrogens is 252 g/mol. The van der Waals surface area contributed by atoms with Gasteiger partial charge in [-0.25, -0.2) is 0 Å². The maximum atomic E-state index is 11.9. The molecule has 0 amide bonds. The van der Waals surface area contributed by atoms with Gasteiger partial charge in [-0.1, -0.05) is 24.6 Å². The van der Waals surface area contributed by atoms with Gasteiger partial charge >= 0.3 is 0 Å². The Bertz CT molecular complexity index is 672. The first-order chi connectivity index (χ1) is 9.66. The average molecular weight is 272 g/mol. The summed E-state index contributed by atoms with van der Waals surface area (Å²) >= 11 is 0. The minimum Gasteiger partial charge on any atom is -0.387 e. The molecule has 2 atom stereocenters. The predicted octanol–water partition coefficient (Wildman–Crippen LogP) is 2.01. The largest absolute Gasteiger partial charge is 0.387 e. The molecule has 1 aliphatic heterocycles. The molecule has 0 saturated carbocycles. The van der Waals surface area contributed by atoms with Crippen LogP contribution in [0.3, 0.4) is 0 Å². The quantitative estimate of drug-likeness (QED) is 0.783. The molecule has 0 radical (unpaired) electrons. The van der Waals surface area contributed by atoms with Crippen molar-refractivity contribution in [2.45, 2.75) is 38.3 Å². The Balaban J connectivity index is 2.10. The van der Waals surface area contributed by atoms with Crippen molar-refractivity contribution in [3.05, 3.63) is 45.7 Å². The lowest BCUT2D eigenvalue weighted by Gasteiger charge is -2.28. The lowest BCUT2D eigenvalue weighted by atomic mass is 9.92. The third-order valence-electron chi connectivity index (χ3n) is 4.17. The Hall–Kier alpha value is -1.65. The van der Waals surface area contributed by atoms with E-state index in [0.29, 0.717) is 0 Å². The molecule has 1 saturated heterocycles. The molecule has 3 N–H and O–H groups in total. The number of hydrogen-bond donors (Lipinski definition) is 3. The van der Waals surface area contributed by atoms with Crippen molar-refractivity contribution in [1.82, 2.24) is 10.3 Å². The Morgan fingerprint density at radius 3 is 2.95 bits per heavy atom. The fourth-order valence-corrected chi connectivity index (χ4v) is 3.06. The Morgan fingerprint density at radius 1 is 1.35 bits per heavy atom. The molecule has 1 aliphatic rings. The van der Waals surface area contributed by atoms with E-state index in [1.54, 1.807) is 0 Å². The lowest BCUT2D eigenvalue weighted by Crippen LogP contribution is -2.39. The molecule has 2 aromatic rings.